The van der Waals surface area contributed by atoms with Crippen LogP contribution < -0.4 is 0 Å². The van der Waals surface area contributed by atoms with Gasteiger partial charge < -0.3 is 0 Å². The zero-order valence-corrected chi connectivity index (χ0v) is 33.8. The monoisotopic (exact) mass is 764 g/mol. The predicted octanol–water partition coefficient (Wildman–Crippen LogP) is 12.3. The molecule has 0 aromatic heterocycles. The Morgan fingerprint density at radius 2 is 0.864 bits per heavy atom. The molecule has 0 fully saturated rings. The third-order valence-electron chi connectivity index (χ3n) is 15.8. The Balaban J connectivity index is 1.70. The van der Waals surface area contributed by atoms with Crippen molar-refractivity contribution < 1.29 is 14.2 Å². The van der Waals surface area contributed by atoms with Gasteiger partial charge in [0.15, 0.2) is 0 Å². The van der Waals surface area contributed by atoms with Gasteiger partial charge in [-0.1, -0.05) is 0 Å². The van der Waals surface area contributed by atoms with E-state index in [4.69, 9.17) is 0 Å². The number of hydrogen-bond donors (Lipinski definition) is 0. The molecule has 0 spiro atoms. The molecule has 0 saturated carbocycles. The third kappa shape index (κ3) is 3.37. The SMILES string of the molecule is Cc1ccc(-c2cccc3c2C=C[CH]3[Hf]([CH3])([CH3])(=[SiH2])([CH]2C=Cc3c(-c4ccc(C)cc4)cccc32)([C](C)(C)C)[C](C)(C)C)cc1. The summed E-state index contributed by atoms with van der Waals surface area (Å²) < 4.78 is 6.51. The molecule has 4 aromatic carbocycles. The zero-order chi connectivity index (χ0) is 32.0. The molecule has 2 heteroatoms. The summed E-state index contributed by atoms with van der Waals surface area (Å²) >= 11 is -5.52. The van der Waals surface area contributed by atoms with Crippen molar-refractivity contribution in [2.75, 3.05) is 0 Å². The first-order valence-corrected chi connectivity index (χ1v) is 39.8. The molecule has 2 atom stereocenters. The van der Waals surface area contributed by atoms with Crippen LogP contribution in [0.25, 0.3) is 34.4 Å². The molecule has 44 heavy (non-hydrogen) atoms. The number of benzene rings is 4. The third-order valence-corrected chi connectivity index (χ3v) is 110. The van der Waals surface area contributed by atoms with E-state index >= 15 is 0 Å². The van der Waals surface area contributed by atoms with Gasteiger partial charge in [0.1, 0.15) is 0 Å². The van der Waals surface area contributed by atoms with Gasteiger partial charge in [-0.2, -0.15) is 0 Å². The summed E-state index contributed by atoms with van der Waals surface area (Å²) in [5.74, 6) is 0. The van der Waals surface area contributed by atoms with Crippen LogP contribution >= 0.6 is 0 Å². The van der Waals surface area contributed by atoms with Gasteiger partial charge >= 0.3 is 264 Å². The second-order valence-electron chi connectivity index (χ2n) is 18.5. The number of hydrogen-bond acceptors (Lipinski definition) is 0. The van der Waals surface area contributed by atoms with Crippen LogP contribution in [0.4, 0.5) is 0 Å². The second kappa shape index (κ2) is 8.83. The molecule has 2 aliphatic carbocycles. The van der Waals surface area contributed by atoms with E-state index in [0.717, 1.165) is 0 Å². The van der Waals surface area contributed by atoms with Crippen LogP contribution in [0.5, 0.6) is 0 Å². The van der Waals surface area contributed by atoms with Gasteiger partial charge in [-0.25, -0.2) is 0 Å². The number of aryl methyl sites for hydroxylation is 2. The van der Waals surface area contributed by atoms with Crippen LogP contribution in [-0.2, 0) is 14.2 Å². The Kier molecular flexibility index (Phi) is 6.30. The van der Waals surface area contributed by atoms with Crippen molar-refractivity contribution in [3.8, 4) is 22.3 Å². The van der Waals surface area contributed by atoms with E-state index < -0.39 is 14.2 Å². The number of allylic oxidation sites excluding steroid dienone is 2. The molecule has 2 aliphatic rings. The molecule has 6 rings (SSSR count). The fourth-order valence-corrected chi connectivity index (χ4v) is 56.7. The average molecular weight is 763 g/mol. The molecule has 0 heterocycles. The minimum absolute atomic E-state index is 0.0354. The van der Waals surface area contributed by atoms with Gasteiger partial charge in [0, 0.05) is 0 Å². The summed E-state index contributed by atoms with van der Waals surface area (Å²) in [6, 6.07) is 32.4. The van der Waals surface area contributed by atoms with Gasteiger partial charge in [0.05, 0.1) is 0 Å². The zero-order valence-electron chi connectivity index (χ0n) is 28.8. The normalized spacial score (nSPS) is 20.4. The molecule has 0 radical (unpaired) electrons. The van der Waals surface area contributed by atoms with Crippen molar-refractivity contribution in [1.82, 2.24) is 0 Å². The summed E-state index contributed by atoms with van der Waals surface area (Å²) in [6.45, 7) is 22.5. The van der Waals surface area contributed by atoms with E-state index in [1.54, 1.807) is 0 Å². The van der Waals surface area contributed by atoms with Gasteiger partial charge in [-0.15, -0.1) is 0 Å². The molecular formula is C42H52HfSi. The fourth-order valence-electron chi connectivity index (χ4n) is 9.98. The standard InChI is InChI=1S/2C16H13.2C4H9.2CH3.Hf.H2Si/c2*1-12-8-10-14(11-9-12)16-7-3-5-13-4-2-6-15(13)16;2*1-4(2)3;;;;/h2*2-11H,1H3;2*1-3H3;2*1H3;;1H2. The van der Waals surface area contributed by atoms with Crippen molar-refractivity contribution in [3.05, 3.63) is 130 Å². The van der Waals surface area contributed by atoms with Crippen LogP contribution in [-0.4, -0.2) is 6.94 Å². The van der Waals surface area contributed by atoms with Crippen LogP contribution in [0, 0.1) is 13.8 Å². The van der Waals surface area contributed by atoms with E-state index in [2.05, 4.69) is 181 Å². The summed E-state index contributed by atoms with van der Waals surface area (Å²) in [4.78, 5) is 0. The van der Waals surface area contributed by atoms with Crippen molar-refractivity contribution in [3.63, 3.8) is 0 Å². The first-order valence-electron chi connectivity index (χ1n) is 16.5. The van der Waals surface area contributed by atoms with Crippen LogP contribution in [0.3, 0.4) is 0 Å². The summed E-state index contributed by atoms with van der Waals surface area (Å²) in [5.41, 5.74) is 13.8. The van der Waals surface area contributed by atoms with Crippen molar-refractivity contribution >= 4 is 19.1 Å². The molecule has 2 unspecified atom stereocenters. The molecule has 0 N–H and O–H groups in total. The topological polar surface area (TPSA) is 0 Å². The predicted molar refractivity (Wildman–Crippen MR) is 196 cm³/mol. The fraction of sp³-hybridized carbons (Fsp3) is 0.333. The Morgan fingerprint density at radius 3 is 1.18 bits per heavy atom. The van der Waals surface area contributed by atoms with E-state index in [0.29, 0.717) is 7.35 Å². The van der Waals surface area contributed by atoms with E-state index in [9.17, 15) is 0 Å². The summed E-state index contributed by atoms with van der Waals surface area (Å²) in [6.07, 6.45) is 10.3. The van der Waals surface area contributed by atoms with Crippen LogP contribution in [0.15, 0.2) is 97.1 Å². The molecule has 0 saturated heterocycles. The average Bonchev–Trinajstić information content (AvgIpc) is 3.60. The van der Waals surface area contributed by atoms with Crippen molar-refractivity contribution in [2.45, 2.75) is 78.4 Å². The maximum atomic E-state index is 2.88. The number of rotatable bonds is 4. The first-order chi connectivity index (χ1) is 20.3. The maximum absolute atomic E-state index is 5.52. The molecule has 0 amide bonds. The van der Waals surface area contributed by atoms with Crippen LogP contribution in [0.2, 0.25) is 15.7 Å². The molecule has 4 aromatic rings. The van der Waals surface area contributed by atoms with E-state index in [1.165, 1.54) is 55.6 Å². The van der Waals surface area contributed by atoms with E-state index in [-0.39, 0.29) is 6.34 Å². The van der Waals surface area contributed by atoms with Gasteiger partial charge in [-0.05, 0) is 0 Å². The molecule has 0 nitrogen and oxygen atoms in total. The van der Waals surface area contributed by atoms with Crippen molar-refractivity contribution in [1.29, 1.82) is 0 Å². The molecule has 0 aliphatic heterocycles. The van der Waals surface area contributed by atoms with Gasteiger partial charge in [0.2, 0.25) is 0 Å². The van der Waals surface area contributed by atoms with E-state index in [1.807, 2.05) is 0 Å². The van der Waals surface area contributed by atoms with Gasteiger partial charge in [0.25, 0.3) is 0 Å². The summed E-state index contributed by atoms with van der Waals surface area (Å²) in [7, 11) is 0. The molecule has 0 bridgehead atoms. The molecule has 228 valence electrons. The number of fused-ring (bicyclic) bond motifs is 2. The Morgan fingerprint density at radius 1 is 0.523 bits per heavy atom. The van der Waals surface area contributed by atoms with Crippen LogP contribution in [0.1, 0.15) is 82.3 Å². The molecular weight excluding hydrogens is 711 g/mol. The second-order valence-corrected chi connectivity index (χ2v) is 93.7. The first kappa shape index (κ1) is 31.4. The Labute approximate surface area is 262 Å². The summed E-state index contributed by atoms with van der Waals surface area (Å²) in [5, 5.41) is 0. The Hall–Kier alpha value is -2.55. The van der Waals surface area contributed by atoms with Crippen molar-refractivity contribution in [2.24, 2.45) is 0 Å². The quantitative estimate of drug-likeness (QED) is 0.182. The van der Waals surface area contributed by atoms with Gasteiger partial charge in [-0.3, -0.25) is 0 Å². The Bertz CT molecular complexity index is 1870. The minimum atomic E-state index is -5.52.